The van der Waals surface area contributed by atoms with Gasteiger partial charge >= 0.3 is 10.1 Å². The van der Waals surface area contributed by atoms with Crippen LogP contribution in [0.25, 0.3) is 10.8 Å². The summed E-state index contributed by atoms with van der Waals surface area (Å²) in [5, 5.41) is 11.8. The van der Waals surface area contributed by atoms with Gasteiger partial charge in [0.25, 0.3) is 17.5 Å². The highest BCUT2D eigenvalue weighted by Gasteiger charge is 2.38. The van der Waals surface area contributed by atoms with Crippen LogP contribution >= 0.6 is 11.6 Å². The van der Waals surface area contributed by atoms with Gasteiger partial charge < -0.3 is 0 Å². The van der Waals surface area contributed by atoms with E-state index in [4.69, 9.17) is 15.9 Å². The first-order chi connectivity index (χ1) is 13.7. The van der Waals surface area contributed by atoms with Crippen LogP contribution in [0.1, 0.15) is 20.7 Å². The number of nitro groups is 1. The number of rotatable bonds is 4. The Morgan fingerprint density at radius 3 is 2.17 bits per heavy atom. The van der Waals surface area contributed by atoms with Crippen LogP contribution in [0.4, 0.5) is 5.69 Å². The van der Waals surface area contributed by atoms with Crippen LogP contribution in [0.15, 0.2) is 59.5 Å². The summed E-state index contributed by atoms with van der Waals surface area (Å²) in [7, 11) is -4.52. The smallest absolute Gasteiger partial charge is 0.266 e. The summed E-state index contributed by atoms with van der Waals surface area (Å²) in [5.41, 5.74) is -0.464. The summed E-state index contributed by atoms with van der Waals surface area (Å²) in [6, 6.07) is 11.3. The lowest BCUT2D eigenvalue weighted by Gasteiger charge is -2.25. The van der Waals surface area contributed by atoms with Crippen LogP contribution < -0.4 is 0 Å². The third kappa shape index (κ3) is 3.03. The predicted molar refractivity (Wildman–Crippen MR) is 101 cm³/mol. The first-order valence-corrected chi connectivity index (χ1v) is 9.78. The van der Waals surface area contributed by atoms with Gasteiger partial charge in [0.1, 0.15) is 0 Å². The number of hydrogen-bond donors (Lipinski definition) is 0. The van der Waals surface area contributed by atoms with Crippen molar-refractivity contribution >= 4 is 50.0 Å². The Morgan fingerprint density at radius 2 is 1.55 bits per heavy atom. The van der Waals surface area contributed by atoms with Gasteiger partial charge in [-0.2, -0.15) is 8.42 Å². The SMILES string of the molecule is O=C1c2cccc3c([N+](=O)[O-])ccc(c23)C(=O)N1OS(=O)(=O)c1ccc(Cl)cc1. The normalized spacial score (nSPS) is 13.8. The fraction of sp³-hybridized carbons (Fsp3) is 0. The summed E-state index contributed by atoms with van der Waals surface area (Å²) in [5.74, 6) is -2.10. The molecule has 0 spiro atoms. The summed E-state index contributed by atoms with van der Waals surface area (Å²) in [6.45, 7) is 0. The summed E-state index contributed by atoms with van der Waals surface area (Å²) in [4.78, 5) is 35.9. The van der Waals surface area contributed by atoms with Crippen LogP contribution in [0.5, 0.6) is 0 Å². The number of nitro benzene ring substituents is 1. The van der Waals surface area contributed by atoms with E-state index < -0.39 is 26.9 Å². The van der Waals surface area contributed by atoms with Gasteiger partial charge in [0.2, 0.25) is 0 Å². The molecule has 0 atom stereocenters. The minimum absolute atomic E-state index is 0.0699. The van der Waals surface area contributed by atoms with Crippen molar-refractivity contribution in [1.29, 1.82) is 0 Å². The second-order valence-corrected chi connectivity index (χ2v) is 7.97. The van der Waals surface area contributed by atoms with Crippen LogP contribution in [0.2, 0.25) is 5.02 Å². The summed E-state index contributed by atoms with van der Waals surface area (Å²) < 4.78 is 29.8. The Morgan fingerprint density at radius 1 is 0.931 bits per heavy atom. The Labute approximate surface area is 168 Å². The number of nitrogens with zero attached hydrogens (tertiary/aromatic N) is 2. The van der Waals surface area contributed by atoms with Crippen molar-refractivity contribution in [3.8, 4) is 0 Å². The third-order valence-electron chi connectivity index (χ3n) is 4.32. The lowest BCUT2D eigenvalue weighted by Crippen LogP contribution is -2.41. The van der Waals surface area contributed by atoms with Crippen LogP contribution in [0.3, 0.4) is 0 Å². The molecule has 0 radical (unpaired) electrons. The first-order valence-electron chi connectivity index (χ1n) is 8.00. The van der Waals surface area contributed by atoms with Crippen molar-refractivity contribution in [1.82, 2.24) is 5.06 Å². The van der Waals surface area contributed by atoms with Crippen molar-refractivity contribution in [3.63, 3.8) is 0 Å². The van der Waals surface area contributed by atoms with Gasteiger partial charge in [0.15, 0.2) is 0 Å². The van der Waals surface area contributed by atoms with E-state index in [0.29, 0.717) is 0 Å². The molecule has 1 aliphatic heterocycles. The summed E-state index contributed by atoms with van der Waals surface area (Å²) >= 11 is 5.73. The van der Waals surface area contributed by atoms with E-state index in [1.54, 1.807) is 0 Å². The molecule has 146 valence electrons. The maximum atomic E-state index is 12.8. The van der Waals surface area contributed by atoms with Gasteiger partial charge in [-0.25, -0.2) is 0 Å². The molecule has 29 heavy (non-hydrogen) atoms. The molecule has 3 aromatic rings. The van der Waals surface area contributed by atoms with Crippen molar-refractivity contribution in [2.45, 2.75) is 4.90 Å². The van der Waals surface area contributed by atoms with Gasteiger partial charge in [-0.05, 0) is 42.5 Å². The average molecular weight is 433 g/mol. The van der Waals surface area contributed by atoms with E-state index in [9.17, 15) is 28.1 Å². The topological polar surface area (TPSA) is 124 Å². The van der Waals surface area contributed by atoms with E-state index in [0.717, 1.165) is 24.3 Å². The Bertz CT molecular complexity index is 1300. The molecule has 0 fully saturated rings. The number of amides is 2. The van der Waals surface area contributed by atoms with Crippen LogP contribution in [-0.4, -0.2) is 30.2 Å². The molecule has 0 saturated carbocycles. The number of halogens is 1. The van der Waals surface area contributed by atoms with Crippen molar-refractivity contribution in [3.05, 3.63) is 80.9 Å². The van der Waals surface area contributed by atoms with Crippen LogP contribution in [-0.2, 0) is 14.4 Å². The zero-order chi connectivity index (χ0) is 20.9. The minimum Gasteiger partial charge on any atom is -0.266 e. The van der Waals surface area contributed by atoms with E-state index in [-0.39, 0.29) is 42.6 Å². The number of imide groups is 1. The Hall–Kier alpha value is -3.34. The molecule has 2 amide bonds. The van der Waals surface area contributed by atoms with Gasteiger partial charge in [-0.15, -0.1) is 9.35 Å². The van der Waals surface area contributed by atoms with Gasteiger partial charge in [0.05, 0.1) is 26.3 Å². The van der Waals surface area contributed by atoms with Gasteiger partial charge in [0, 0.05) is 16.5 Å². The molecular weight excluding hydrogens is 424 g/mol. The molecule has 3 aromatic carbocycles. The number of hydroxylamine groups is 2. The van der Waals surface area contributed by atoms with E-state index in [1.165, 1.54) is 30.3 Å². The number of carbonyl (C=O) groups excluding carboxylic acids is 2. The van der Waals surface area contributed by atoms with Gasteiger partial charge in [-0.3, -0.25) is 19.7 Å². The highest BCUT2D eigenvalue weighted by Crippen LogP contribution is 2.36. The fourth-order valence-electron chi connectivity index (χ4n) is 3.03. The minimum atomic E-state index is -4.52. The molecule has 0 saturated heterocycles. The molecule has 0 aliphatic carbocycles. The predicted octanol–water partition coefficient (Wildman–Crippen LogP) is 3.32. The quantitative estimate of drug-likeness (QED) is 0.352. The molecule has 0 N–H and O–H groups in total. The van der Waals surface area contributed by atoms with Crippen LogP contribution in [0, 0.1) is 10.1 Å². The molecule has 4 rings (SSSR count). The second-order valence-electron chi connectivity index (χ2n) is 6.00. The highest BCUT2D eigenvalue weighted by molar-refractivity contribution is 7.86. The number of carbonyl (C=O) groups is 2. The molecule has 0 unspecified atom stereocenters. The average Bonchev–Trinajstić information content (AvgIpc) is 2.69. The monoisotopic (exact) mass is 432 g/mol. The zero-order valence-electron chi connectivity index (χ0n) is 14.2. The first kappa shape index (κ1) is 19.0. The number of benzene rings is 3. The Balaban J connectivity index is 1.82. The summed E-state index contributed by atoms with van der Waals surface area (Å²) in [6.07, 6.45) is 0. The molecular formula is C18H9ClN2O7S. The maximum absolute atomic E-state index is 12.8. The second kappa shape index (κ2) is 6.62. The third-order valence-corrected chi connectivity index (χ3v) is 5.77. The Kier molecular flexibility index (Phi) is 4.34. The molecule has 1 heterocycles. The maximum Gasteiger partial charge on any atom is 0.318 e. The van der Waals surface area contributed by atoms with E-state index in [1.807, 2.05) is 0 Å². The zero-order valence-corrected chi connectivity index (χ0v) is 15.8. The lowest BCUT2D eigenvalue weighted by atomic mass is 9.94. The molecule has 11 heteroatoms. The van der Waals surface area contributed by atoms with E-state index >= 15 is 0 Å². The standard InChI is InChI=1S/C18H9ClN2O7S/c19-10-4-6-11(7-5-10)29(26,27)28-20-17(22)13-3-1-2-12-15(21(24)25)9-8-14(16(12)13)18(20)23/h1-9H. The van der Waals surface area contributed by atoms with Gasteiger partial charge in [-0.1, -0.05) is 17.7 Å². The van der Waals surface area contributed by atoms with Crippen molar-refractivity contribution in [2.24, 2.45) is 0 Å². The van der Waals surface area contributed by atoms with Crippen molar-refractivity contribution < 1.29 is 27.2 Å². The number of hydrogen-bond acceptors (Lipinski definition) is 7. The number of non-ortho nitro benzene ring substituents is 1. The lowest BCUT2D eigenvalue weighted by molar-refractivity contribution is -0.383. The molecule has 0 aromatic heterocycles. The molecule has 0 bridgehead atoms. The van der Waals surface area contributed by atoms with E-state index in [2.05, 4.69) is 0 Å². The highest BCUT2D eigenvalue weighted by atomic mass is 35.5. The largest absolute Gasteiger partial charge is 0.318 e. The molecule has 1 aliphatic rings. The van der Waals surface area contributed by atoms with Crippen molar-refractivity contribution in [2.75, 3.05) is 0 Å². The fourth-order valence-corrected chi connectivity index (χ4v) is 4.04. The molecule has 9 nitrogen and oxygen atoms in total.